The molecule has 0 heterocycles. The Balaban J connectivity index is 3.06. The van der Waals surface area contributed by atoms with Gasteiger partial charge in [0, 0.05) is 11.6 Å². The Morgan fingerprint density at radius 3 is 2.56 bits per heavy atom. The van der Waals surface area contributed by atoms with Gasteiger partial charge in [0.25, 0.3) is 0 Å². The van der Waals surface area contributed by atoms with Gasteiger partial charge < -0.3 is 14.6 Å². The van der Waals surface area contributed by atoms with Crippen molar-refractivity contribution >= 4 is 0 Å². The Labute approximate surface area is 95.0 Å². The maximum atomic E-state index is 9.55. The fourth-order valence-electron chi connectivity index (χ4n) is 1.31. The zero-order valence-electron chi connectivity index (χ0n) is 9.60. The largest absolute Gasteiger partial charge is 0.497 e. The van der Waals surface area contributed by atoms with E-state index in [0.717, 1.165) is 0 Å². The van der Waals surface area contributed by atoms with Crippen molar-refractivity contribution in [3.63, 3.8) is 0 Å². The molecule has 16 heavy (non-hydrogen) atoms. The third-order valence-corrected chi connectivity index (χ3v) is 2.16. The highest BCUT2D eigenvalue weighted by atomic mass is 16.5. The second-order valence-electron chi connectivity index (χ2n) is 3.47. The van der Waals surface area contributed by atoms with E-state index in [4.69, 9.17) is 14.7 Å². The number of hydrogen-bond acceptors (Lipinski definition) is 4. The smallest absolute Gasteiger partial charge is 0.181 e. The van der Waals surface area contributed by atoms with Crippen LogP contribution in [0.15, 0.2) is 18.2 Å². The molecule has 0 aliphatic heterocycles. The van der Waals surface area contributed by atoms with E-state index in [9.17, 15) is 5.11 Å². The highest BCUT2D eigenvalue weighted by Crippen LogP contribution is 2.30. The summed E-state index contributed by atoms with van der Waals surface area (Å²) in [7, 11) is 1.55. The van der Waals surface area contributed by atoms with Gasteiger partial charge in [-0.2, -0.15) is 5.26 Å². The number of aliphatic hydroxyl groups excluding tert-OH is 1. The van der Waals surface area contributed by atoms with Crippen molar-refractivity contribution in [1.82, 2.24) is 0 Å². The monoisotopic (exact) mass is 221 g/mol. The van der Waals surface area contributed by atoms with Gasteiger partial charge in [0.05, 0.1) is 13.2 Å². The molecule has 0 fully saturated rings. The summed E-state index contributed by atoms with van der Waals surface area (Å²) < 4.78 is 10.5. The number of ether oxygens (including phenoxy) is 2. The van der Waals surface area contributed by atoms with E-state index in [1.54, 1.807) is 39.2 Å². The molecule has 1 aromatic carbocycles. The summed E-state index contributed by atoms with van der Waals surface area (Å²) in [6.45, 7) is 3.29. The molecule has 0 aliphatic carbocycles. The highest BCUT2D eigenvalue weighted by Gasteiger charge is 2.12. The molecule has 0 amide bonds. The molecule has 2 atom stereocenters. The lowest BCUT2D eigenvalue weighted by Crippen LogP contribution is -2.10. The summed E-state index contributed by atoms with van der Waals surface area (Å²) in [6, 6.07) is 7.10. The van der Waals surface area contributed by atoms with Gasteiger partial charge in [0.15, 0.2) is 6.10 Å². The summed E-state index contributed by atoms with van der Waals surface area (Å²) in [5.74, 6) is 1.10. The number of methoxy groups -OCH3 is 1. The van der Waals surface area contributed by atoms with Gasteiger partial charge in [-0.15, -0.1) is 0 Å². The summed E-state index contributed by atoms with van der Waals surface area (Å²) in [5.41, 5.74) is 0.642. The fourth-order valence-corrected chi connectivity index (χ4v) is 1.31. The zero-order chi connectivity index (χ0) is 12.1. The van der Waals surface area contributed by atoms with Gasteiger partial charge in [-0.1, -0.05) is 0 Å². The predicted octanol–water partition coefficient (Wildman–Crippen LogP) is 2.04. The first-order chi connectivity index (χ1) is 7.58. The first kappa shape index (κ1) is 12.3. The molecule has 0 spiro atoms. The number of rotatable bonds is 4. The van der Waals surface area contributed by atoms with Crippen molar-refractivity contribution in [2.45, 2.75) is 26.1 Å². The Kier molecular flexibility index (Phi) is 4.15. The molecular formula is C12H15NO3. The molecule has 1 aromatic rings. The van der Waals surface area contributed by atoms with E-state index in [-0.39, 0.29) is 0 Å². The number of nitrogens with zero attached hydrogens (tertiary/aromatic N) is 1. The van der Waals surface area contributed by atoms with Crippen LogP contribution in [0, 0.1) is 11.3 Å². The maximum absolute atomic E-state index is 9.55. The van der Waals surface area contributed by atoms with Gasteiger partial charge in [0.2, 0.25) is 0 Å². The summed E-state index contributed by atoms with van der Waals surface area (Å²) in [6.07, 6.45) is -1.21. The van der Waals surface area contributed by atoms with Crippen LogP contribution < -0.4 is 9.47 Å². The molecule has 4 heteroatoms. The Hall–Kier alpha value is -1.73. The van der Waals surface area contributed by atoms with Crippen molar-refractivity contribution in [3.8, 4) is 17.6 Å². The van der Waals surface area contributed by atoms with Crippen LogP contribution in [0.1, 0.15) is 25.5 Å². The topological polar surface area (TPSA) is 62.5 Å². The lowest BCUT2D eigenvalue weighted by atomic mass is 10.1. The molecule has 1 rings (SSSR count). The minimum Gasteiger partial charge on any atom is -0.497 e. The molecule has 86 valence electrons. The van der Waals surface area contributed by atoms with Crippen molar-refractivity contribution < 1.29 is 14.6 Å². The Bertz CT molecular complexity index is 396. The quantitative estimate of drug-likeness (QED) is 0.845. The molecule has 0 aliphatic rings. The maximum Gasteiger partial charge on any atom is 0.181 e. The van der Waals surface area contributed by atoms with E-state index in [2.05, 4.69) is 0 Å². The highest BCUT2D eigenvalue weighted by molar-refractivity contribution is 5.42. The van der Waals surface area contributed by atoms with Crippen LogP contribution >= 0.6 is 0 Å². The van der Waals surface area contributed by atoms with Crippen LogP contribution in [-0.2, 0) is 0 Å². The first-order valence-corrected chi connectivity index (χ1v) is 5.00. The van der Waals surface area contributed by atoms with Crippen LogP contribution in [0.2, 0.25) is 0 Å². The second-order valence-corrected chi connectivity index (χ2v) is 3.47. The van der Waals surface area contributed by atoms with Gasteiger partial charge in [-0.3, -0.25) is 0 Å². The van der Waals surface area contributed by atoms with Crippen molar-refractivity contribution in [2.24, 2.45) is 0 Å². The van der Waals surface area contributed by atoms with Crippen molar-refractivity contribution in [3.05, 3.63) is 23.8 Å². The lowest BCUT2D eigenvalue weighted by molar-refractivity contribution is 0.187. The Morgan fingerprint density at radius 2 is 2.06 bits per heavy atom. The van der Waals surface area contributed by atoms with Gasteiger partial charge >= 0.3 is 0 Å². The first-order valence-electron chi connectivity index (χ1n) is 5.00. The normalized spacial score (nSPS) is 13.7. The number of hydrogen-bond donors (Lipinski definition) is 1. The second kappa shape index (κ2) is 5.38. The standard InChI is InChI=1S/C12H15NO3/c1-8(7-13)16-12-6-10(15-3)4-5-11(12)9(2)14/h4-6,8-9,14H,1-3H3/t8?,9-/m1/s1. The molecule has 1 N–H and O–H groups in total. The van der Waals surface area contributed by atoms with Crippen LogP contribution in [0.5, 0.6) is 11.5 Å². The fraction of sp³-hybridized carbons (Fsp3) is 0.417. The summed E-state index contributed by atoms with van der Waals surface area (Å²) in [5, 5.41) is 18.2. The third kappa shape index (κ3) is 2.88. The molecule has 4 nitrogen and oxygen atoms in total. The molecule has 1 unspecified atom stereocenters. The number of aliphatic hydroxyl groups is 1. The average molecular weight is 221 g/mol. The van der Waals surface area contributed by atoms with E-state index >= 15 is 0 Å². The lowest BCUT2D eigenvalue weighted by Gasteiger charge is -2.15. The van der Waals surface area contributed by atoms with Gasteiger partial charge in [-0.05, 0) is 26.0 Å². The van der Waals surface area contributed by atoms with Gasteiger partial charge in [-0.25, -0.2) is 0 Å². The SMILES string of the molecule is COc1ccc([C@@H](C)O)c(OC(C)C#N)c1. The van der Waals surface area contributed by atoms with E-state index in [0.29, 0.717) is 17.1 Å². The van der Waals surface area contributed by atoms with E-state index in [1.165, 1.54) is 0 Å². The minimum absolute atomic E-state index is 0.475. The molecule has 0 saturated heterocycles. The third-order valence-electron chi connectivity index (χ3n) is 2.16. The van der Waals surface area contributed by atoms with Crippen molar-refractivity contribution in [2.75, 3.05) is 7.11 Å². The van der Waals surface area contributed by atoms with Crippen LogP contribution in [0.4, 0.5) is 0 Å². The van der Waals surface area contributed by atoms with Crippen molar-refractivity contribution in [1.29, 1.82) is 5.26 Å². The minimum atomic E-state index is -0.646. The molecule has 0 aromatic heterocycles. The number of nitriles is 1. The zero-order valence-corrected chi connectivity index (χ0v) is 9.60. The number of benzene rings is 1. The summed E-state index contributed by atoms with van der Waals surface area (Å²) >= 11 is 0. The van der Waals surface area contributed by atoms with E-state index in [1.807, 2.05) is 6.07 Å². The van der Waals surface area contributed by atoms with Crippen LogP contribution in [0.3, 0.4) is 0 Å². The average Bonchev–Trinajstić information content (AvgIpc) is 2.28. The summed E-state index contributed by atoms with van der Waals surface area (Å²) in [4.78, 5) is 0. The molecule has 0 bridgehead atoms. The Morgan fingerprint density at radius 1 is 1.38 bits per heavy atom. The van der Waals surface area contributed by atoms with Gasteiger partial charge in [0.1, 0.15) is 17.6 Å². The molecule has 0 radical (unpaired) electrons. The van der Waals surface area contributed by atoms with Crippen LogP contribution in [0.25, 0.3) is 0 Å². The predicted molar refractivity (Wildman–Crippen MR) is 59.3 cm³/mol. The van der Waals surface area contributed by atoms with E-state index < -0.39 is 12.2 Å². The van der Waals surface area contributed by atoms with Crippen LogP contribution in [-0.4, -0.2) is 18.3 Å². The molecule has 0 saturated carbocycles. The molecular weight excluding hydrogens is 206 g/mol.